The van der Waals surface area contributed by atoms with Gasteiger partial charge in [0, 0.05) is 25.9 Å². The van der Waals surface area contributed by atoms with Crippen LogP contribution in [0.4, 0.5) is 0 Å². The fourth-order valence-electron chi connectivity index (χ4n) is 14.3. The Morgan fingerprint density at radius 1 is 0.414 bits per heavy atom. The number of carbonyl (C=O) groups is 3. The molecule has 2 amide bonds. The van der Waals surface area contributed by atoms with E-state index in [0.29, 0.717) is 287 Å². The largest absolute Gasteiger partial charge is 0.481 e. The lowest BCUT2D eigenvalue weighted by atomic mass is 9.46. The molecule has 0 aliphatic heterocycles. The summed E-state index contributed by atoms with van der Waals surface area (Å²) in [6.45, 7) is 31.2. The number of carboxylic acid groups (broad SMARTS) is 1. The van der Waals surface area contributed by atoms with Crippen LogP contribution in [0.3, 0.4) is 0 Å². The zero-order valence-corrected chi connectivity index (χ0v) is 61.9. The maximum Gasteiger partial charge on any atom is 0.303 e. The normalized spacial score (nSPS) is 21.6. The van der Waals surface area contributed by atoms with E-state index in [4.69, 9.17) is 95.1 Å². The number of hydrogen-bond donors (Lipinski definition) is 3. The van der Waals surface area contributed by atoms with Crippen LogP contribution in [-0.4, -0.2) is 287 Å². The maximum absolute atomic E-state index is 12.8. The number of hydrogen-bond acceptors (Lipinski definition) is 22. The number of carboxylic acids is 1. The van der Waals surface area contributed by atoms with E-state index in [2.05, 4.69) is 51.3 Å². The van der Waals surface area contributed by atoms with Crippen molar-refractivity contribution >= 4 is 17.8 Å². The summed E-state index contributed by atoms with van der Waals surface area (Å²) in [6.07, 6.45) is 19.0. The van der Waals surface area contributed by atoms with Crippen molar-refractivity contribution in [2.45, 2.75) is 131 Å². The number of nitrogens with one attached hydrogen (secondary N) is 2. The van der Waals surface area contributed by atoms with Gasteiger partial charge >= 0.3 is 5.97 Å². The highest BCUT2D eigenvalue weighted by Gasteiger charge is 2.59. The van der Waals surface area contributed by atoms with Gasteiger partial charge in [0.15, 0.2) is 0 Å². The lowest BCUT2D eigenvalue weighted by molar-refractivity contribution is -0.138. The van der Waals surface area contributed by atoms with Crippen molar-refractivity contribution in [3.63, 3.8) is 0 Å². The third-order valence-corrected chi connectivity index (χ3v) is 19.6. The Kier molecular flexibility index (Phi) is 53.5. The highest BCUT2D eigenvalue weighted by atomic mass is 16.6. The Morgan fingerprint density at radius 3 is 1.08 bits per heavy atom. The SMILES string of the molecule is CC(C)CCC[C@@H](C)[C@H]1CC[C@H]2[C@@H]3CC=C4C[C@@H](CCC(=O)NCCOCCOCCOCCOCCOCCOCCOCCOCCOCCOCCOCCOCCOCCOCCOCCOCCOCCOCCOCCNC(=O)CCC(=O)O)CC[C@]4(C)[C@H]3CC[C@]12C. The van der Waals surface area contributed by atoms with Crippen LogP contribution in [0, 0.1) is 52.3 Å². The average molecular weight is 1420 g/mol. The Labute approximate surface area is 594 Å². The van der Waals surface area contributed by atoms with Crippen molar-refractivity contribution in [3.05, 3.63) is 11.6 Å². The minimum absolute atomic E-state index is 0.0417. The summed E-state index contributed by atoms with van der Waals surface area (Å²) < 4.78 is 105. The third-order valence-electron chi connectivity index (χ3n) is 19.6. The van der Waals surface area contributed by atoms with Gasteiger partial charge in [0.05, 0.1) is 257 Å². The van der Waals surface area contributed by atoms with Crippen LogP contribution in [0.2, 0.25) is 0 Å². The van der Waals surface area contributed by atoms with Gasteiger partial charge in [0.2, 0.25) is 11.8 Å². The predicted octanol–water partition coefficient (Wildman–Crippen LogP) is 7.84. The van der Waals surface area contributed by atoms with E-state index in [9.17, 15) is 14.4 Å². The van der Waals surface area contributed by atoms with Crippen LogP contribution in [0.15, 0.2) is 11.6 Å². The Morgan fingerprint density at radius 2 is 0.747 bits per heavy atom. The van der Waals surface area contributed by atoms with Crippen LogP contribution >= 0.6 is 0 Å². The lowest BCUT2D eigenvalue weighted by Gasteiger charge is -2.58. The topological polar surface area (TPSA) is 271 Å². The standard InChI is InChI=1S/C74H136N2O23/c1-62(2)7-6-8-63(3)67-12-13-68-66-11-10-65-61-64(17-19-73(65,4)69(66)18-20-74(67,68)5)9-14-70(77)75-21-23-81-25-27-83-29-31-85-33-35-87-37-39-89-41-43-91-45-47-93-49-51-95-53-55-97-57-59-99-60-58-98-56-54-96-52-50-94-48-46-92-44-42-90-40-38-88-36-34-86-32-30-84-28-26-82-24-22-76-71(78)15-16-72(79)80/h10,62-64,66-69H,6-9,11-61H2,1-5H3,(H,75,77)(H,76,78)(H,79,80)/t63-,64+,66+,67-,68+,69+,73+,74-/m1/s1. The third kappa shape index (κ3) is 42.8. The van der Waals surface area contributed by atoms with Crippen molar-refractivity contribution in [1.29, 1.82) is 0 Å². The number of allylic oxidation sites excluding steroid dienone is 2. The molecule has 4 rings (SSSR count). The molecule has 8 atom stereocenters. The summed E-state index contributed by atoms with van der Waals surface area (Å²) >= 11 is 0. The second kappa shape index (κ2) is 59.6. The first-order chi connectivity index (χ1) is 48.4. The fourth-order valence-corrected chi connectivity index (χ4v) is 14.3. The van der Waals surface area contributed by atoms with Crippen molar-refractivity contribution in [3.8, 4) is 0 Å². The number of amides is 2. The van der Waals surface area contributed by atoms with Gasteiger partial charge in [0.25, 0.3) is 0 Å². The Balaban J connectivity index is 0.742. The summed E-state index contributed by atoms with van der Waals surface area (Å²) in [5, 5.41) is 14.2. The van der Waals surface area contributed by atoms with Crippen LogP contribution in [0.5, 0.6) is 0 Å². The molecule has 3 saturated carbocycles. The number of fused-ring (bicyclic) bond motifs is 5. The van der Waals surface area contributed by atoms with Crippen molar-refractivity contribution in [2.75, 3.05) is 264 Å². The molecule has 0 radical (unpaired) electrons. The average Bonchev–Trinajstić information content (AvgIpc) is 1.69. The van der Waals surface area contributed by atoms with Crippen LogP contribution < -0.4 is 10.6 Å². The summed E-state index contributed by atoms with van der Waals surface area (Å²) in [5.41, 5.74) is 2.62. The molecule has 0 bridgehead atoms. The van der Waals surface area contributed by atoms with E-state index in [1.165, 1.54) is 70.6 Å². The van der Waals surface area contributed by atoms with Gasteiger partial charge in [-0.1, -0.05) is 65.5 Å². The van der Waals surface area contributed by atoms with Gasteiger partial charge in [-0.2, -0.15) is 0 Å². The molecule has 4 aliphatic rings. The number of rotatable bonds is 71. The first-order valence-corrected chi connectivity index (χ1v) is 37.9. The number of carbonyl (C=O) groups excluding carboxylic acids is 2. The maximum atomic E-state index is 12.8. The minimum Gasteiger partial charge on any atom is -0.481 e. The highest BCUT2D eigenvalue weighted by molar-refractivity contribution is 5.80. The van der Waals surface area contributed by atoms with E-state index in [1.807, 2.05) is 0 Å². The first-order valence-electron chi connectivity index (χ1n) is 37.9. The van der Waals surface area contributed by atoms with Gasteiger partial charge < -0.3 is 106 Å². The Bertz CT molecular complexity index is 1980. The van der Waals surface area contributed by atoms with Crippen molar-refractivity contribution in [1.82, 2.24) is 10.6 Å². The zero-order chi connectivity index (χ0) is 70.8. The molecule has 25 nitrogen and oxygen atoms in total. The molecule has 0 aromatic carbocycles. The van der Waals surface area contributed by atoms with Crippen molar-refractivity contribution in [2.24, 2.45) is 52.3 Å². The molecule has 0 heterocycles. The predicted molar refractivity (Wildman–Crippen MR) is 374 cm³/mol. The molecule has 99 heavy (non-hydrogen) atoms. The van der Waals surface area contributed by atoms with Crippen molar-refractivity contribution < 1.29 is 109 Å². The second-order valence-electron chi connectivity index (χ2n) is 27.2. The monoisotopic (exact) mass is 1420 g/mol. The molecular formula is C74H136N2O23. The molecular weight excluding hydrogens is 1280 g/mol. The quantitative estimate of drug-likeness (QED) is 0.0386. The first kappa shape index (κ1) is 88.8. The molecule has 0 saturated heterocycles. The van der Waals surface area contributed by atoms with Gasteiger partial charge in [0.1, 0.15) is 0 Å². The van der Waals surface area contributed by atoms with Gasteiger partial charge in [-0.25, -0.2) is 0 Å². The molecule has 3 N–H and O–H groups in total. The molecule has 580 valence electrons. The molecule has 0 aromatic heterocycles. The molecule has 0 unspecified atom stereocenters. The summed E-state index contributed by atoms with van der Waals surface area (Å²) in [4.78, 5) is 34.6. The molecule has 0 aromatic rings. The van der Waals surface area contributed by atoms with Crippen LogP contribution in [-0.2, 0) is 104 Å². The molecule has 4 aliphatic carbocycles. The van der Waals surface area contributed by atoms with Crippen LogP contribution in [0.1, 0.15) is 131 Å². The summed E-state index contributed by atoms with van der Waals surface area (Å²) in [5.74, 6) is 4.63. The van der Waals surface area contributed by atoms with Gasteiger partial charge in [-0.3, -0.25) is 14.4 Å². The Hall–Kier alpha value is -2.61. The highest BCUT2D eigenvalue weighted by Crippen LogP contribution is 2.67. The molecule has 3 fully saturated rings. The second-order valence-corrected chi connectivity index (χ2v) is 27.2. The molecule has 0 spiro atoms. The number of aliphatic carboxylic acids is 1. The summed E-state index contributed by atoms with van der Waals surface area (Å²) in [7, 11) is 0. The lowest BCUT2D eigenvalue weighted by Crippen LogP contribution is -2.50. The van der Waals surface area contributed by atoms with E-state index in [0.717, 1.165) is 41.9 Å². The summed E-state index contributed by atoms with van der Waals surface area (Å²) in [6, 6.07) is 0. The van der Waals surface area contributed by atoms with E-state index in [1.54, 1.807) is 5.57 Å². The van der Waals surface area contributed by atoms with E-state index in [-0.39, 0.29) is 24.7 Å². The van der Waals surface area contributed by atoms with E-state index < -0.39 is 5.97 Å². The van der Waals surface area contributed by atoms with Gasteiger partial charge in [-0.05, 0) is 110 Å². The minimum atomic E-state index is -1.000. The van der Waals surface area contributed by atoms with Gasteiger partial charge in [-0.15, -0.1) is 0 Å². The fraction of sp³-hybridized carbons (Fsp3) is 0.932. The molecule has 25 heteroatoms. The number of ether oxygens (including phenoxy) is 19. The van der Waals surface area contributed by atoms with Crippen LogP contribution in [0.25, 0.3) is 0 Å². The van der Waals surface area contributed by atoms with E-state index >= 15 is 0 Å². The zero-order valence-electron chi connectivity index (χ0n) is 61.9. The smallest absolute Gasteiger partial charge is 0.303 e.